The Morgan fingerprint density at radius 3 is 2.34 bits per heavy atom. The predicted octanol–water partition coefficient (Wildman–Crippen LogP) is 1.96. The van der Waals surface area contributed by atoms with E-state index in [0.717, 1.165) is 19.5 Å². The zero-order chi connectivity index (χ0) is 23.4. The van der Waals surface area contributed by atoms with Crippen LogP contribution >= 0.6 is 0 Å². The third-order valence-corrected chi connectivity index (χ3v) is 6.19. The van der Waals surface area contributed by atoms with Crippen molar-refractivity contribution >= 4 is 29.2 Å². The van der Waals surface area contributed by atoms with Crippen LogP contribution in [0.2, 0.25) is 0 Å². The van der Waals surface area contributed by atoms with Crippen molar-refractivity contribution in [2.75, 3.05) is 37.7 Å². The number of nitro benzene ring substituents is 1. The van der Waals surface area contributed by atoms with Gasteiger partial charge in [-0.2, -0.15) is 0 Å². The lowest BCUT2D eigenvalue weighted by Crippen LogP contribution is -2.43. The molecule has 174 valence electrons. The second-order valence-electron chi connectivity index (χ2n) is 8.95. The third-order valence-electron chi connectivity index (χ3n) is 6.19. The van der Waals surface area contributed by atoms with Crippen LogP contribution in [0.5, 0.6) is 0 Å². The average Bonchev–Trinajstić information content (AvgIpc) is 2.76. The molecule has 2 heterocycles. The predicted molar refractivity (Wildman–Crippen MR) is 117 cm³/mol. The fourth-order valence-corrected chi connectivity index (χ4v) is 4.64. The van der Waals surface area contributed by atoms with Gasteiger partial charge in [-0.1, -0.05) is 13.8 Å². The van der Waals surface area contributed by atoms with E-state index in [1.807, 2.05) is 4.90 Å². The van der Waals surface area contributed by atoms with Crippen molar-refractivity contribution in [2.45, 2.75) is 33.1 Å². The molecule has 0 aliphatic carbocycles. The molecular formula is C22H30N4O6. The van der Waals surface area contributed by atoms with Crippen LogP contribution in [0, 0.1) is 27.9 Å². The summed E-state index contributed by atoms with van der Waals surface area (Å²) in [5, 5.41) is 11.7. The summed E-state index contributed by atoms with van der Waals surface area (Å²) in [5.74, 6) is -0.943. The first kappa shape index (κ1) is 23.5. The second kappa shape index (κ2) is 9.97. The van der Waals surface area contributed by atoms with Crippen molar-refractivity contribution in [3.05, 3.63) is 33.9 Å². The summed E-state index contributed by atoms with van der Waals surface area (Å²) in [6.07, 6.45) is 2.04. The van der Waals surface area contributed by atoms with Gasteiger partial charge in [-0.25, -0.2) is 4.79 Å². The minimum Gasteiger partial charge on any atom is -0.452 e. The fourth-order valence-electron chi connectivity index (χ4n) is 4.64. The Labute approximate surface area is 186 Å². The lowest BCUT2D eigenvalue weighted by molar-refractivity contribution is -0.384. The van der Waals surface area contributed by atoms with Crippen molar-refractivity contribution in [1.82, 2.24) is 4.90 Å². The molecule has 0 spiro atoms. The molecule has 1 aromatic carbocycles. The van der Waals surface area contributed by atoms with Gasteiger partial charge in [-0.3, -0.25) is 19.7 Å². The number of piperidine rings is 2. The first-order chi connectivity index (χ1) is 15.2. The molecule has 2 unspecified atom stereocenters. The molecule has 1 aromatic rings. The molecule has 0 bridgehead atoms. The topological polar surface area (TPSA) is 136 Å². The molecule has 2 N–H and O–H groups in total. The number of nitrogens with zero attached hydrogens (tertiary/aromatic N) is 3. The molecule has 0 aromatic heterocycles. The lowest BCUT2D eigenvalue weighted by atomic mass is 9.91. The molecule has 2 amide bonds. The summed E-state index contributed by atoms with van der Waals surface area (Å²) in [7, 11) is 0. The number of carbonyl (C=O) groups excluding carboxylic acids is 3. The van der Waals surface area contributed by atoms with Crippen LogP contribution in [-0.4, -0.2) is 60.4 Å². The number of ether oxygens (including phenoxy) is 1. The monoisotopic (exact) mass is 446 g/mol. The molecule has 2 aliphatic heterocycles. The van der Waals surface area contributed by atoms with E-state index in [0.29, 0.717) is 43.5 Å². The maximum Gasteiger partial charge on any atom is 0.338 e. The number of nitro groups is 1. The molecule has 2 fully saturated rings. The van der Waals surface area contributed by atoms with E-state index >= 15 is 0 Å². The Balaban J connectivity index is 1.63. The van der Waals surface area contributed by atoms with E-state index in [9.17, 15) is 24.5 Å². The first-order valence-corrected chi connectivity index (χ1v) is 10.9. The number of primary amides is 1. The highest BCUT2D eigenvalue weighted by Crippen LogP contribution is 2.34. The molecule has 2 aliphatic rings. The summed E-state index contributed by atoms with van der Waals surface area (Å²) in [6, 6.07) is 4.29. The zero-order valence-corrected chi connectivity index (χ0v) is 18.5. The Bertz CT molecular complexity index is 886. The normalized spacial score (nSPS) is 21.8. The van der Waals surface area contributed by atoms with Crippen LogP contribution in [-0.2, 0) is 14.3 Å². The number of carbonyl (C=O) groups is 3. The Kier molecular flexibility index (Phi) is 7.32. The summed E-state index contributed by atoms with van der Waals surface area (Å²) in [6.45, 7) is 5.96. The van der Waals surface area contributed by atoms with E-state index in [1.165, 1.54) is 17.0 Å². The molecule has 32 heavy (non-hydrogen) atoms. The van der Waals surface area contributed by atoms with Gasteiger partial charge in [0, 0.05) is 38.2 Å². The quantitative estimate of drug-likeness (QED) is 0.401. The SMILES string of the molecule is CC1CC(C)CN(c2ccc(C(=O)OCC(=O)N3CCC(C(N)=O)CC3)cc2[N+](=O)[O-])C1. The average molecular weight is 447 g/mol. The van der Waals surface area contributed by atoms with Gasteiger partial charge in [0.2, 0.25) is 5.91 Å². The molecule has 10 nitrogen and oxygen atoms in total. The maximum absolute atomic E-state index is 12.4. The summed E-state index contributed by atoms with van der Waals surface area (Å²) >= 11 is 0. The summed E-state index contributed by atoms with van der Waals surface area (Å²) < 4.78 is 5.11. The number of hydrogen-bond donors (Lipinski definition) is 1. The number of likely N-dealkylation sites (tertiary alicyclic amines) is 1. The Morgan fingerprint density at radius 2 is 1.78 bits per heavy atom. The van der Waals surface area contributed by atoms with Gasteiger partial charge in [0.1, 0.15) is 5.69 Å². The van der Waals surface area contributed by atoms with E-state index in [2.05, 4.69) is 13.8 Å². The zero-order valence-electron chi connectivity index (χ0n) is 18.5. The minimum absolute atomic E-state index is 0.0267. The first-order valence-electron chi connectivity index (χ1n) is 10.9. The summed E-state index contributed by atoms with van der Waals surface area (Å²) in [4.78, 5) is 50.7. The van der Waals surface area contributed by atoms with Gasteiger partial charge < -0.3 is 20.3 Å². The van der Waals surface area contributed by atoms with Gasteiger partial charge in [0.25, 0.3) is 11.6 Å². The van der Waals surface area contributed by atoms with Crippen molar-refractivity contribution in [3.63, 3.8) is 0 Å². The highest BCUT2D eigenvalue weighted by atomic mass is 16.6. The molecule has 2 atom stereocenters. The highest BCUT2D eigenvalue weighted by molar-refractivity contribution is 5.93. The third kappa shape index (κ3) is 5.54. The highest BCUT2D eigenvalue weighted by Gasteiger charge is 2.29. The standard InChI is InChI=1S/C22H30N4O6/c1-14-9-15(2)12-25(11-14)18-4-3-17(10-19(18)26(30)31)22(29)32-13-20(27)24-7-5-16(6-8-24)21(23)28/h3-4,10,14-16H,5-9,11-13H2,1-2H3,(H2,23,28). The van der Waals surface area contributed by atoms with Gasteiger partial charge in [0.15, 0.2) is 6.61 Å². The largest absolute Gasteiger partial charge is 0.452 e. The second-order valence-corrected chi connectivity index (χ2v) is 8.95. The minimum atomic E-state index is -0.791. The van der Waals surface area contributed by atoms with Crippen LogP contribution < -0.4 is 10.6 Å². The van der Waals surface area contributed by atoms with Crippen molar-refractivity contribution in [3.8, 4) is 0 Å². The summed E-state index contributed by atoms with van der Waals surface area (Å²) in [5.41, 5.74) is 5.65. The molecule has 3 rings (SSSR count). The number of anilines is 1. The van der Waals surface area contributed by atoms with E-state index in [1.54, 1.807) is 6.07 Å². The number of hydrogen-bond acceptors (Lipinski definition) is 7. The van der Waals surface area contributed by atoms with Crippen molar-refractivity contribution < 1.29 is 24.0 Å². The smallest absolute Gasteiger partial charge is 0.338 e. The number of nitrogens with two attached hydrogens (primary N) is 1. The van der Waals surface area contributed by atoms with Gasteiger partial charge in [0.05, 0.1) is 10.5 Å². The Hall–Kier alpha value is -3.17. The molecule has 10 heteroatoms. The van der Waals surface area contributed by atoms with Crippen LogP contribution in [0.3, 0.4) is 0 Å². The van der Waals surface area contributed by atoms with Crippen molar-refractivity contribution in [2.24, 2.45) is 23.5 Å². The number of amides is 2. The lowest BCUT2D eigenvalue weighted by Gasteiger charge is -2.36. The van der Waals surface area contributed by atoms with Crippen LogP contribution in [0.15, 0.2) is 18.2 Å². The van der Waals surface area contributed by atoms with Gasteiger partial charge in [-0.15, -0.1) is 0 Å². The number of esters is 1. The molecule has 2 saturated heterocycles. The van der Waals surface area contributed by atoms with Crippen LogP contribution in [0.4, 0.5) is 11.4 Å². The number of rotatable bonds is 6. The molecule has 0 radical (unpaired) electrons. The van der Waals surface area contributed by atoms with Crippen LogP contribution in [0.1, 0.15) is 43.5 Å². The van der Waals surface area contributed by atoms with E-state index < -0.39 is 17.5 Å². The Morgan fingerprint density at radius 1 is 1.16 bits per heavy atom. The fraction of sp³-hybridized carbons (Fsp3) is 0.591. The van der Waals surface area contributed by atoms with E-state index in [4.69, 9.17) is 10.5 Å². The molecule has 0 saturated carbocycles. The van der Waals surface area contributed by atoms with E-state index in [-0.39, 0.29) is 29.0 Å². The van der Waals surface area contributed by atoms with Gasteiger partial charge in [-0.05, 0) is 43.2 Å². The van der Waals surface area contributed by atoms with Gasteiger partial charge >= 0.3 is 5.97 Å². The van der Waals surface area contributed by atoms with Crippen LogP contribution in [0.25, 0.3) is 0 Å². The van der Waals surface area contributed by atoms with Crippen molar-refractivity contribution in [1.29, 1.82) is 0 Å². The number of benzene rings is 1. The molecular weight excluding hydrogens is 416 g/mol. The maximum atomic E-state index is 12.4.